The second-order valence-electron chi connectivity index (χ2n) is 3.83. The maximum Gasteiger partial charge on any atom is 0.156 e. The fraction of sp³-hybridized carbons (Fsp3) is 0.500. The molecule has 0 aliphatic heterocycles. The van der Waals surface area contributed by atoms with E-state index in [-0.39, 0.29) is 11.9 Å². The van der Waals surface area contributed by atoms with Gasteiger partial charge in [0.1, 0.15) is 0 Å². The van der Waals surface area contributed by atoms with Gasteiger partial charge in [-0.2, -0.15) is 0 Å². The molecule has 0 radical (unpaired) electrons. The lowest BCUT2D eigenvalue weighted by Gasteiger charge is -2.16. The SMILES string of the molecule is CCc1cccnc1CNC(CC)/C(N)=N/O. The third kappa shape index (κ3) is 3.71. The topological polar surface area (TPSA) is 83.5 Å². The van der Waals surface area contributed by atoms with E-state index in [9.17, 15) is 0 Å². The van der Waals surface area contributed by atoms with Gasteiger partial charge in [0.15, 0.2) is 5.84 Å². The average molecular weight is 236 g/mol. The Morgan fingerprint density at radius 1 is 1.59 bits per heavy atom. The Labute approximate surface area is 102 Å². The molecule has 0 saturated heterocycles. The number of nitrogens with two attached hydrogens (primary N) is 1. The average Bonchev–Trinajstić information content (AvgIpc) is 2.39. The highest BCUT2D eigenvalue weighted by Gasteiger charge is 2.11. The number of aryl methyl sites for hydroxylation is 1. The van der Waals surface area contributed by atoms with Crippen molar-refractivity contribution in [3.05, 3.63) is 29.6 Å². The molecule has 94 valence electrons. The number of nitrogens with one attached hydrogen (secondary N) is 1. The van der Waals surface area contributed by atoms with Gasteiger partial charge in [-0.15, -0.1) is 0 Å². The van der Waals surface area contributed by atoms with Crippen LogP contribution in [0.1, 0.15) is 31.5 Å². The fourth-order valence-electron chi connectivity index (χ4n) is 1.70. The van der Waals surface area contributed by atoms with Crippen molar-refractivity contribution in [1.29, 1.82) is 0 Å². The van der Waals surface area contributed by atoms with E-state index in [1.54, 1.807) is 6.20 Å². The Kier molecular flexibility index (Phi) is 5.42. The Bertz CT molecular complexity index is 379. The van der Waals surface area contributed by atoms with E-state index in [4.69, 9.17) is 10.9 Å². The summed E-state index contributed by atoms with van der Waals surface area (Å²) in [6.45, 7) is 4.70. The summed E-state index contributed by atoms with van der Waals surface area (Å²) in [7, 11) is 0. The standard InChI is InChI=1S/C12H20N4O/c1-3-9-6-5-7-14-11(9)8-15-10(4-2)12(13)16-17/h5-7,10,15,17H,3-4,8H2,1-2H3,(H2,13,16). The van der Waals surface area contributed by atoms with E-state index in [1.807, 2.05) is 13.0 Å². The molecule has 0 fully saturated rings. The molecule has 1 unspecified atom stereocenters. The van der Waals surface area contributed by atoms with Crippen molar-refractivity contribution in [2.45, 2.75) is 39.3 Å². The van der Waals surface area contributed by atoms with Crippen LogP contribution >= 0.6 is 0 Å². The van der Waals surface area contributed by atoms with Gasteiger partial charge in [-0.25, -0.2) is 0 Å². The van der Waals surface area contributed by atoms with E-state index < -0.39 is 0 Å². The lowest BCUT2D eigenvalue weighted by atomic mass is 10.1. The van der Waals surface area contributed by atoms with Crippen molar-refractivity contribution in [1.82, 2.24) is 10.3 Å². The van der Waals surface area contributed by atoms with Crippen molar-refractivity contribution < 1.29 is 5.21 Å². The molecule has 0 amide bonds. The van der Waals surface area contributed by atoms with Crippen molar-refractivity contribution in [3.63, 3.8) is 0 Å². The normalized spacial score (nSPS) is 13.6. The number of rotatable bonds is 6. The maximum atomic E-state index is 8.64. The van der Waals surface area contributed by atoms with Crippen molar-refractivity contribution in [2.75, 3.05) is 0 Å². The number of oxime groups is 1. The Morgan fingerprint density at radius 3 is 2.94 bits per heavy atom. The highest BCUT2D eigenvalue weighted by Crippen LogP contribution is 2.06. The van der Waals surface area contributed by atoms with E-state index >= 15 is 0 Å². The minimum Gasteiger partial charge on any atom is -0.409 e. The van der Waals surface area contributed by atoms with Gasteiger partial charge in [0.25, 0.3) is 0 Å². The lowest BCUT2D eigenvalue weighted by molar-refractivity contribution is 0.314. The molecule has 5 heteroatoms. The summed E-state index contributed by atoms with van der Waals surface area (Å²) < 4.78 is 0. The molecule has 0 bridgehead atoms. The van der Waals surface area contributed by atoms with E-state index in [0.29, 0.717) is 6.54 Å². The summed E-state index contributed by atoms with van der Waals surface area (Å²) >= 11 is 0. The van der Waals surface area contributed by atoms with Crippen LogP contribution in [-0.2, 0) is 13.0 Å². The zero-order chi connectivity index (χ0) is 12.7. The van der Waals surface area contributed by atoms with Crippen molar-refractivity contribution >= 4 is 5.84 Å². The molecule has 17 heavy (non-hydrogen) atoms. The van der Waals surface area contributed by atoms with Crippen LogP contribution in [0.5, 0.6) is 0 Å². The predicted octanol–water partition coefficient (Wildman–Crippen LogP) is 1.26. The molecule has 0 aromatic carbocycles. The quantitative estimate of drug-likeness (QED) is 0.300. The molecule has 1 aromatic heterocycles. The summed E-state index contributed by atoms with van der Waals surface area (Å²) in [5.74, 6) is 0.210. The lowest BCUT2D eigenvalue weighted by Crippen LogP contribution is -2.40. The number of pyridine rings is 1. The minimum absolute atomic E-state index is 0.119. The van der Waals surface area contributed by atoms with Crippen LogP contribution in [0.2, 0.25) is 0 Å². The number of nitrogens with zero attached hydrogens (tertiary/aromatic N) is 2. The molecule has 1 atom stereocenters. The first-order valence-corrected chi connectivity index (χ1v) is 5.86. The van der Waals surface area contributed by atoms with Crippen molar-refractivity contribution in [3.8, 4) is 0 Å². The second-order valence-corrected chi connectivity index (χ2v) is 3.83. The Balaban J connectivity index is 2.66. The van der Waals surface area contributed by atoms with E-state index in [0.717, 1.165) is 18.5 Å². The molecule has 1 heterocycles. The minimum atomic E-state index is -0.119. The van der Waals surface area contributed by atoms with E-state index in [2.05, 4.69) is 28.4 Å². The molecule has 1 aromatic rings. The zero-order valence-corrected chi connectivity index (χ0v) is 10.3. The fourth-order valence-corrected chi connectivity index (χ4v) is 1.70. The van der Waals surface area contributed by atoms with E-state index in [1.165, 1.54) is 5.56 Å². The van der Waals surface area contributed by atoms with Gasteiger partial charge >= 0.3 is 0 Å². The third-order valence-corrected chi connectivity index (χ3v) is 2.76. The van der Waals surface area contributed by atoms with Crippen LogP contribution in [0, 0.1) is 0 Å². The Morgan fingerprint density at radius 2 is 2.35 bits per heavy atom. The summed E-state index contributed by atoms with van der Waals surface area (Å²) in [6, 6.07) is 3.88. The predicted molar refractivity (Wildman–Crippen MR) is 67.9 cm³/mol. The first kappa shape index (κ1) is 13.4. The number of amidine groups is 1. The van der Waals surface area contributed by atoms with Crippen LogP contribution < -0.4 is 11.1 Å². The molecule has 0 spiro atoms. The summed E-state index contributed by atoms with van der Waals surface area (Å²) in [4.78, 5) is 4.34. The van der Waals surface area contributed by atoms with Gasteiger partial charge in [-0.1, -0.05) is 25.1 Å². The summed E-state index contributed by atoms with van der Waals surface area (Å²) in [6.07, 6.45) is 3.50. The largest absolute Gasteiger partial charge is 0.409 e. The molecule has 0 aliphatic rings. The molecule has 0 saturated carbocycles. The van der Waals surface area contributed by atoms with Gasteiger partial charge in [0, 0.05) is 12.7 Å². The molecular formula is C12H20N4O. The highest BCUT2D eigenvalue weighted by atomic mass is 16.4. The Hall–Kier alpha value is -1.62. The maximum absolute atomic E-state index is 8.64. The van der Waals surface area contributed by atoms with Gasteiger partial charge in [-0.05, 0) is 24.5 Å². The van der Waals surface area contributed by atoms with Crippen LogP contribution in [0.4, 0.5) is 0 Å². The van der Waals surface area contributed by atoms with Gasteiger partial charge in [0.05, 0.1) is 11.7 Å². The zero-order valence-electron chi connectivity index (χ0n) is 10.3. The molecule has 0 aliphatic carbocycles. The summed E-state index contributed by atoms with van der Waals surface area (Å²) in [5.41, 5.74) is 7.81. The third-order valence-electron chi connectivity index (χ3n) is 2.76. The van der Waals surface area contributed by atoms with Crippen molar-refractivity contribution in [2.24, 2.45) is 10.9 Å². The highest BCUT2D eigenvalue weighted by molar-refractivity contribution is 5.85. The molecular weight excluding hydrogens is 216 g/mol. The van der Waals surface area contributed by atoms with Gasteiger partial charge in [0.2, 0.25) is 0 Å². The number of hydrogen-bond donors (Lipinski definition) is 3. The smallest absolute Gasteiger partial charge is 0.156 e. The molecule has 1 rings (SSSR count). The van der Waals surface area contributed by atoms with Gasteiger partial charge < -0.3 is 16.3 Å². The van der Waals surface area contributed by atoms with Crippen LogP contribution in [0.15, 0.2) is 23.5 Å². The van der Waals surface area contributed by atoms with Crippen LogP contribution in [0.3, 0.4) is 0 Å². The van der Waals surface area contributed by atoms with Crippen LogP contribution in [0.25, 0.3) is 0 Å². The number of aromatic nitrogens is 1. The first-order valence-electron chi connectivity index (χ1n) is 5.86. The second kappa shape index (κ2) is 6.85. The monoisotopic (exact) mass is 236 g/mol. The van der Waals surface area contributed by atoms with Gasteiger partial charge in [-0.3, -0.25) is 4.98 Å². The van der Waals surface area contributed by atoms with Crippen LogP contribution in [-0.4, -0.2) is 22.1 Å². The molecule has 4 N–H and O–H groups in total. The number of hydrogen-bond acceptors (Lipinski definition) is 4. The summed E-state index contributed by atoms with van der Waals surface area (Å²) in [5, 5.41) is 14.9. The molecule has 5 nitrogen and oxygen atoms in total. The first-order chi connectivity index (χ1) is 8.22.